The molecule has 0 aromatic heterocycles. The zero-order chi connectivity index (χ0) is 15.8. The van der Waals surface area contributed by atoms with Crippen molar-refractivity contribution in [2.75, 3.05) is 26.7 Å². The summed E-state index contributed by atoms with van der Waals surface area (Å²) in [6.45, 7) is 17.1. The predicted molar refractivity (Wildman–Crippen MR) is 89.6 cm³/mol. The molecule has 21 heavy (non-hydrogen) atoms. The Morgan fingerprint density at radius 2 is 1.76 bits per heavy atom. The summed E-state index contributed by atoms with van der Waals surface area (Å²) in [5.74, 6) is 2.40. The minimum absolute atomic E-state index is 0.0572. The van der Waals surface area contributed by atoms with Crippen molar-refractivity contribution in [3.8, 4) is 0 Å². The van der Waals surface area contributed by atoms with E-state index in [-0.39, 0.29) is 11.2 Å². The van der Waals surface area contributed by atoms with Crippen LogP contribution in [0.25, 0.3) is 0 Å². The fourth-order valence-corrected chi connectivity index (χ4v) is 4.18. The maximum absolute atomic E-state index is 6.41. The molecule has 0 spiro atoms. The SMILES string of the molecule is CCCNC1C(CN(C)CC2CC2C)C(C)(C)OC1(C)C. The Morgan fingerprint density at radius 1 is 1.14 bits per heavy atom. The summed E-state index contributed by atoms with van der Waals surface area (Å²) >= 11 is 0. The van der Waals surface area contributed by atoms with Gasteiger partial charge in [-0.25, -0.2) is 0 Å². The highest BCUT2D eigenvalue weighted by Gasteiger charge is 2.53. The Bertz CT molecular complexity index is 353. The van der Waals surface area contributed by atoms with Gasteiger partial charge in [-0.2, -0.15) is 0 Å². The molecule has 0 radical (unpaired) electrons. The van der Waals surface area contributed by atoms with E-state index in [2.05, 4.69) is 58.8 Å². The molecule has 124 valence electrons. The topological polar surface area (TPSA) is 24.5 Å². The lowest BCUT2D eigenvalue weighted by Crippen LogP contribution is -2.51. The van der Waals surface area contributed by atoms with Gasteiger partial charge < -0.3 is 15.0 Å². The Morgan fingerprint density at radius 3 is 2.29 bits per heavy atom. The predicted octanol–water partition coefficient (Wildman–Crippen LogP) is 3.15. The third-order valence-corrected chi connectivity index (χ3v) is 5.52. The molecule has 1 N–H and O–H groups in total. The van der Waals surface area contributed by atoms with E-state index in [0.717, 1.165) is 24.9 Å². The van der Waals surface area contributed by atoms with E-state index in [9.17, 15) is 0 Å². The van der Waals surface area contributed by atoms with Crippen molar-refractivity contribution >= 4 is 0 Å². The first-order chi connectivity index (χ1) is 9.67. The van der Waals surface area contributed by atoms with Crippen LogP contribution >= 0.6 is 0 Å². The summed E-state index contributed by atoms with van der Waals surface area (Å²) < 4.78 is 6.41. The fraction of sp³-hybridized carbons (Fsp3) is 1.00. The molecule has 0 bridgehead atoms. The number of nitrogens with one attached hydrogen (secondary N) is 1. The van der Waals surface area contributed by atoms with Crippen LogP contribution in [0.5, 0.6) is 0 Å². The Balaban J connectivity index is 2.01. The summed E-state index contributed by atoms with van der Waals surface area (Å²) in [6.07, 6.45) is 2.59. The highest BCUT2D eigenvalue weighted by Crippen LogP contribution is 2.43. The summed E-state index contributed by atoms with van der Waals surface area (Å²) in [6, 6.07) is 0.437. The maximum atomic E-state index is 6.41. The highest BCUT2D eigenvalue weighted by atomic mass is 16.5. The van der Waals surface area contributed by atoms with Crippen LogP contribution in [0.4, 0.5) is 0 Å². The second-order valence-corrected chi connectivity index (χ2v) is 8.54. The monoisotopic (exact) mass is 296 g/mol. The molecule has 4 atom stereocenters. The van der Waals surface area contributed by atoms with E-state index in [0.29, 0.717) is 12.0 Å². The number of nitrogens with zero attached hydrogens (tertiary/aromatic N) is 1. The number of hydrogen-bond donors (Lipinski definition) is 1. The first-order valence-corrected chi connectivity index (χ1v) is 8.79. The molecule has 2 fully saturated rings. The standard InChI is InChI=1S/C18H36N2O/c1-8-9-19-16-15(17(3,4)21-18(16,5)6)12-20(7)11-14-10-13(14)2/h13-16,19H,8-12H2,1-7H3. The molecule has 0 aromatic rings. The van der Waals surface area contributed by atoms with Crippen molar-refractivity contribution in [2.45, 2.75) is 71.6 Å². The summed E-state index contributed by atoms with van der Waals surface area (Å²) in [4.78, 5) is 2.53. The first kappa shape index (κ1) is 17.2. The van der Waals surface area contributed by atoms with E-state index in [4.69, 9.17) is 4.74 Å². The van der Waals surface area contributed by atoms with Crippen LogP contribution in [0.2, 0.25) is 0 Å². The van der Waals surface area contributed by atoms with Gasteiger partial charge in [0.15, 0.2) is 0 Å². The van der Waals surface area contributed by atoms with Gasteiger partial charge in [-0.3, -0.25) is 0 Å². The van der Waals surface area contributed by atoms with Gasteiger partial charge in [-0.1, -0.05) is 13.8 Å². The fourth-order valence-electron chi connectivity index (χ4n) is 4.18. The molecule has 3 nitrogen and oxygen atoms in total. The number of ether oxygens (including phenoxy) is 1. The van der Waals surface area contributed by atoms with Crippen LogP contribution in [0, 0.1) is 17.8 Å². The molecular formula is C18H36N2O. The van der Waals surface area contributed by atoms with Gasteiger partial charge in [0.05, 0.1) is 11.2 Å². The lowest BCUT2D eigenvalue weighted by molar-refractivity contribution is -0.0793. The van der Waals surface area contributed by atoms with Crippen LogP contribution in [0.3, 0.4) is 0 Å². The van der Waals surface area contributed by atoms with Gasteiger partial charge in [-0.15, -0.1) is 0 Å². The van der Waals surface area contributed by atoms with Crippen molar-refractivity contribution in [3.63, 3.8) is 0 Å². The number of hydrogen-bond acceptors (Lipinski definition) is 3. The minimum atomic E-state index is -0.0863. The van der Waals surface area contributed by atoms with Gasteiger partial charge in [0, 0.05) is 25.0 Å². The second-order valence-electron chi connectivity index (χ2n) is 8.54. The molecule has 1 saturated carbocycles. The Labute approximate surface area is 131 Å². The van der Waals surface area contributed by atoms with Crippen molar-refractivity contribution < 1.29 is 4.74 Å². The Kier molecular flexibility index (Phi) is 5.07. The van der Waals surface area contributed by atoms with E-state index in [1.165, 1.54) is 19.4 Å². The molecule has 1 aliphatic carbocycles. The van der Waals surface area contributed by atoms with Gasteiger partial charge in [-0.05, 0) is 66.0 Å². The molecule has 3 heteroatoms. The van der Waals surface area contributed by atoms with Crippen LogP contribution < -0.4 is 5.32 Å². The van der Waals surface area contributed by atoms with Gasteiger partial charge in [0.25, 0.3) is 0 Å². The summed E-state index contributed by atoms with van der Waals surface area (Å²) in [5.41, 5.74) is -0.143. The zero-order valence-corrected chi connectivity index (χ0v) is 15.2. The van der Waals surface area contributed by atoms with E-state index >= 15 is 0 Å². The van der Waals surface area contributed by atoms with Crippen molar-refractivity contribution in [1.82, 2.24) is 10.2 Å². The second kappa shape index (κ2) is 6.17. The van der Waals surface area contributed by atoms with Crippen LogP contribution in [0.1, 0.15) is 54.4 Å². The minimum Gasteiger partial charge on any atom is -0.368 e. The first-order valence-electron chi connectivity index (χ1n) is 8.79. The summed E-state index contributed by atoms with van der Waals surface area (Å²) in [5, 5.41) is 3.76. The normalized spacial score (nSPS) is 37.1. The largest absolute Gasteiger partial charge is 0.368 e. The van der Waals surface area contributed by atoms with E-state index in [1.54, 1.807) is 0 Å². The molecule has 4 unspecified atom stereocenters. The van der Waals surface area contributed by atoms with E-state index < -0.39 is 0 Å². The van der Waals surface area contributed by atoms with Crippen molar-refractivity contribution in [3.05, 3.63) is 0 Å². The molecule has 1 aliphatic heterocycles. The third kappa shape index (κ3) is 4.00. The lowest BCUT2D eigenvalue weighted by atomic mass is 9.82. The third-order valence-electron chi connectivity index (χ3n) is 5.52. The van der Waals surface area contributed by atoms with Gasteiger partial charge in [0.2, 0.25) is 0 Å². The highest BCUT2D eigenvalue weighted by molar-refractivity contribution is 5.06. The summed E-state index contributed by atoms with van der Waals surface area (Å²) in [7, 11) is 2.28. The molecule has 2 aliphatic rings. The maximum Gasteiger partial charge on any atom is 0.0790 e. The van der Waals surface area contributed by atoms with Crippen LogP contribution in [-0.4, -0.2) is 48.8 Å². The van der Waals surface area contributed by atoms with Gasteiger partial charge in [0.1, 0.15) is 0 Å². The molecule has 1 heterocycles. The molecule has 0 aromatic carbocycles. The molecule has 2 rings (SSSR count). The molecule has 0 amide bonds. The van der Waals surface area contributed by atoms with E-state index in [1.807, 2.05) is 0 Å². The average molecular weight is 296 g/mol. The Hall–Kier alpha value is -0.120. The zero-order valence-electron chi connectivity index (χ0n) is 15.2. The average Bonchev–Trinajstić information content (AvgIpc) is 2.97. The van der Waals surface area contributed by atoms with Crippen LogP contribution in [0.15, 0.2) is 0 Å². The smallest absolute Gasteiger partial charge is 0.0790 e. The van der Waals surface area contributed by atoms with Crippen molar-refractivity contribution in [2.24, 2.45) is 17.8 Å². The van der Waals surface area contributed by atoms with Crippen molar-refractivity contribution in [1.29, 1.82) is 0 Å². The van der Waals surface area contributed by atoms with Gasteiger partial charge >= 0.3 is 0 Å². The molecular weight excluding hydrogens is 260 g/mol. The quantitative estimate of drug-likeness (QED) is 0.781. The van der Waals surface area contributed by atoms with Crippen LogP contribution in [-0.2, 0) is 4.74 Å². The molecule has 1 saturated heterocycles. The number of rotatable bonds is 7. The lowest BCUT2D eigenvalue weighted by Gasteiger charge is -2.33.